The Morgan fingerprint density at radius 3 is 1.93 bits per heavy atom. The van der Waals surface area contributed by atoms with Gasteiger partial charge in [0.2, 0.25) is 53.4 Å². The molecule has 21 N–H and O–H groups in total. The van der Waals surface area contributed by atoms with E-state index in [0.717, 1.165) is 54.6 Å². The maximum atomic E-state index is 16.1. The molecule has 7 heterocycles. The number of aliphatic hydroxyl groups excluding tert-OH is 6. The Labute approximate surface area is 584 Å². The first-order valence-electron chi connectivity index (χ1n) is 31.6. The van der Waals surface area contributed by atoms with Crippen LogP contribution in [0.15, 0.2) is 78.9 Å². The average Bonchev–Trinajstić information content (AvgIpc) is 0.770. The van der Waals surface area contributed by atoms with Crippen LogP contribution in [0.5, 0.6) is 46.0 Å². The third kappa shape index (κ3) is 15.8. The highest BCUT2D eigenvalue weighted by Gasteiger charge is 2.49. The lowest BCUT2D eigenvalue weighted by atomic mass is 9.86. The number of aliphatic hydroxyl groups is 6. The second-order valence-corrected chi connectivity index (χ2v) is 26.5. The van der Waals surface area contributed by atoms with Crippen molar-refractivity contribution in [2.75, 3.05) is 13.7 Å². The number of primary amides is 1. The summed E-state index contributed by atoms with van der Waals surface area (Å²) in [7, 11) is 1.47. The molecule has 0 spiro atoms. The molecule has 2 fully saturated rings. The Bertz CT molecular complexity index is 4070. The number of nitrogens with two attached hydrogens (primary N) is 2. The smallest absolute Gasteiger partial charge is 0.330 e. The van der Waals surface area contributed by atoms with Crippen LogP contribution in [-0.4, -0.2) is 191 Å². The molecule has 33 nitrogen and oxygen atoms in total. The number of halogens is 2. The molecule has 7 amide bonds. The number of hydrogen-bond donors (Lipinski definition) is 19. The Morgan fingerprint density at radius 1 is 0.713 bits per heavy atom. The minimum Gasteiger partial charge on any atom is -0.508 e. The minimum absolute atomic E-state index is 0.0953. The summed E-state index contributed by atoms with van der Waals surface area (Å²) in [6.45, 7) is 5.60. The normalized spacial score (nSPS) is 29.4. The lowest BCUT2D eigenvalue weighted by Gasteiger charge is -2.44. The summed E-state index contributed by atoms with van der Waals surface area (Å²) in [6.07, 6.45) is -19.0. The first-order valence-corrected chi connectivity index (χ1v) is 32.4. The van der Waals surface area contributed by atoms with Crippen LogP contribution < -0.4 is 62.9 Å². The molecule has 18 atom stereocenters. The van der Waals surface area contributed by atoms with E-state index in [9.17, 15) is 70.2 Å². The van der Waals surface area contributed by atoms with Crippen molar-refractivity contribution in [3.05, 3.63) is 117 Å². The van der Waals surface area contributed by atoms with Gasteiger partial charge in [-0.1, -0.05) is 55.2 Å². The predicted octanol–water partition coefficient (Wildman–Crippen LogP) is 0.106. The fraction of sp³-hybridized carbons (Fsp3) is 0.424. The summed E-state index contributed by atoms with van der Waals surface area (Å²) in [5, 5.41) is 129. The molecule has 7 aliphatic rings. The van der Waals surface area contributed by atoms with Crippen molar-refractivity contribution in [3.63, 3.8) is 0 Å². The van der Waals surface area contributed by atoms with Gasteiger partial charge in [-0.3, -0.25) is 33.6 Å². The third-order valence-electron chi connectivity index (χ3n) is 17.8. The molecule has 0 saturated carbocycles. The summed E-state index contributed by atoms with van der Waals surface area (Å²) in [4.78, 5) is 118. The van der Waals surface area contributed by atoms with E-state index >= 15 is 19.2 Å². The van der Waals surface area contributed by atoms with Crippen LogP contribution in [0.25, 0.3) is 11.1 Å². The van der Waals surface area contributed by atoms with Crippen LogP contribution >= 0.6 is 23.2 Å². The molecule has 101 heavy (non-hydrogen) atoms. The number of rotatable bonds is 13. The lowest BCUT2D eigenvalue weighted by Crippen LogP contribution is -2.61. The highest BCUT2D eigenvalue weighted by Crippen LogP contribution is 2.50. The van der Waals surface area contributed by atoms with Crippen LogP contribution in [0.3, 0.4) is 0 Å². The summed E-state index contributed by atoms with van der Waals surface area (Å²) in [6, 6.07) is -0.386. The van der Waals surface area contributed by atoms with Crippen molar-refractivity contribution in [2.24, 2.45) is 17.4 Å². The fourth-order valence-electron chi connectivity index (χ4n) is 12.5. The fourth-order valence-corrected chi connectivity index (χ4v) is 12.9. The highest BCUT2D eigenvalue weighted by atomic mass is 35.5. The van der Waals surface area contributed by atoms with E-state index in [-0.39, 0.29) is 52.0 Å². The van der Waals surface area contributed by atoms with Gasteiger partial charge >= 0.3 is 5.97 Å². The van der Waals surface area contributed by atoms with Crippen LogP contribution in [0.4, 0.5) is 0 Å². The molecular weight excluding hydrogens is 1370 g/mol. The quantitative estimate of drug-likeness (QED) is 0.0743. The molecule has 0 aliphatic carbocycles. The van der Waals surface area contributed by atoms with Gasteiger partial charge in [0.15, 0.2) is 23.8 Å². The molecule has 0 radical (unpaired) electrons. The number of carboxylic acids is 1. The second-order valence-electron chi connectivity index (χ2n) is 25.7. The maximum Gasteiger partial charge on any atom is 0.330 e. The van der Waals surface area contributed by atoms with Gasteiger partial charge in [0.05, 0.1) is 41.3 Å². The van der Waals surface area contributed by atoms with Crippen molar-refractivity contribution < 1.29 is 118 Å². The van der Waals surface area contributed by atoms with Crippen LogP contribution in [0, 0.1) is 5.92 Å². The van der Waals surface area contributed by atoms with Gasteiger partial charge in [-0.25, -0.2) is 4.79 Å². The number of amides is 7. The number of ether oxygens (including phenoxy) is 6. The van der Waals surface area contributed by atoms with Crippen LogP contribution in [-0.2, 0) is 52.6 Å². The topological polar surface area (TPSA) is 530 Å². The van der Waals surface area contributed by atoms with Gasteiger partial charge in [0.1, 0.15) is 95.6 Å². The van der Waals surface area contributed by atoms with Gasteiger partial charge < -0.3 is 128 Å². The summed E-state index contributed by atoms with van der Waals surface area (Å²) in [5.41, 5.74) is 8.15. The summed E-state index contributed by atoms with van der Waals surface area (Å²) in [5.74, 6) is -16.0. The molecule has 542 valence electrons. The van der Waals surface area contributed by atoms with Gasteiger partial charge in [0, 0.05) is 34.7 Å². The molecule has 5 aromatic rings. The van der Waals surface area contributed by atoms with Gasteiger partial charge in [0.25, 0.3) is 0 Å². The zero-order valence-electron chi connectivity index (χ0n) is 54.3. The monoisotopic (exact) mass is 1450 g/mol. The number of phenols is 3. The largest absolute Gasteiger partial charge is 0.508 e. The van der Waals surface area contributed by atoms with Crippen LogP contribution in [0.1, 0.15) is 105 Å². The first-order chi connectivity index (χ1) is 47.7. The number of aromatic hydroxyl groups is 3. The second kappa shape index (κ2) is 30.2. The highest BCUT2D eigenvalue weighted by molar-refractivity contribution is 6.32. The van der Waals surface area contributed by atoms with E-state index in [0.29, 0.717) is 0 Å². The predicted molar refractivity (Wildman–Crippen MR) is 349 cm³/mol. The number of nitrogens with one attached hydrogen (secondary N) is 7. The number of hydrogen-bond acceptors (Lipinski definition) is 25. The number of carbonyl (C=O) groups is 8. The number of carboxylic acid groups (broad SMARTS) is 1. The van der Waals surface area contributed by atoms with E-state index in [1.54, 1.807) is 0 Å². The van der Waals surface area contributed by atoms with Crippen molar-refractivity contribution in [3.8, 4) is 57.1 Å². The molecule has 35 heteroatoms. The third-order valence-corrected chi connectivity index (χ3v) is 18.4. The maximum absolute atomic E-state index is 16.1. The van der Waals surface area contributed by atoms with Crippen molar-refractivity contribution in [1.82, 2.24) is 37.2 Å². The van der Waals surface area contributed by atoms with Crippen molar-refractivity contribution in [2.45, 2.75) is 156 Å². The molecule has 7 aliphatic heterocycles. The van der Waals surface area contributed by atoms with Crippen LogP contribution in [0.2, 0.25) is 10.0 Å². The zero-order chi connectivity index (χ0) is 73.5. The Balaban J connectivity index is 1.26. The SMILES string of the molecule is CN[C@H](CC(C)C)C(=O)N[C@H]1C(=O)N[C@@H](CC(N)=O)C(=O)N[C@H]2C(=O)N[C@H]3C(=O)NC(C(=O)N[C@@H](C(=O)O)c4cc(O)cc(O)c4-c4cc3ccc4O)[C@H](O[C@H]3C[C@](C)(N)[C@@H](O)[C@H](C)O3)c3ccc(c(Cl)c3)Oc3cc2cc(c3O[C@@H]2O[C@H](CO)[C@@H](O)[C@H](O)[C@H]2O)Oc2ccc(cc2Cl)[C@H]1O. The molecule has 11 bridgehead atoms. The van der Waals surface area contributed by atoms with Crippen molar-refractivity contribution >= 4 is 70.5 Å². The summed E-state index contributed by atoms with van der Waals surface area (Å²) >= 11 is 14.2. The lowest BCUT2D eigenvalue weighted by molar-refractivity contribution is -0.277. The Hall–Kier alpha value is -9.20. The Morgan fingerprint density at radius 2 is 1.33 bits per heavy atom. The first kappa shape index (κ1) is 74.5. The van der Waals surface area contributed by atoms with Gasteiger partial charge in [-0.05, 0) is 110 Å². The van der Waals surface area contributed by atoms with Gasteiger partial charge in [-0.15, -0.1) is 0 Å². The number of likely N-dealkylation sites (N-methyl/N-ethyl adjacent to an activating group) is 1. The number of phenolic OH excluding ortho intramolecular Hbond substituents is 3. The molecule has 0 aromatic heterocycles. The minimum atomic E-state index is -2.35. The van der Waals surface area contributed by atoms with E-state index in [4.69, 9.17) is 63.1 Å². The van der Waals surface area contributed by atoms with E-state index < -0.39 is 231 Å². The number of benzene rings is 5. The average molecular weight is 1450 g/mol. The van der Waals surface area contributed by atoms with E-state index in [1.165, 1.54) is 45.2 Å². The number of fused-ring (bicyclic) bond motifs is 15. The summed E-state index contributed by atoms with van der Waals surface area (Å²) < 4.78 is 38.0. The molecule has 1 unspecified atom stereocenters. The molecular formula is C66H75Cl2N9O24. The van der Waals surface area contributed by atoms with E-state index in [2.05, 4.69) is 37.2 Å². The van der Waals surface area contributed by atoms with Crippen molar-refractivity contribution in [1.29, 1.82) is 0 Å². The zero-order valence-corrected chi connectivity index (χ0v) is 55.8. The Kier molecular flexibility index (Phi) is 22.2. The molecule has 2 saturated heterocycles. The number of aliphatic carboxylic acids is 1. The van der Waals surface area contributed by atoms with E-state index in [1.807, 2.05) is 13.8 Å². The molecule has 12 rings (SSSR count). The standard InChI is InChI=1S/C66H75Cl2N9O24/c1-23(2)12-34(71-5)58(88)76-49-51(83)26-7-10-38(32(67)14-26)97-40-16-28-17-41(56(40)101-65-54(86)53(85)52(84)42(22-78)99-65)98-39-11-8-27(15-33(39)68)55(100-44-21-66(4,70)57(87)24(3)96-44)50-63(93)75-48(64(94)95)31-18-29(79)19-37(81)45(31)30-13-25(6-9-36(30)80)46(60(90)77-50)74-61(91)47(28)73-59(89)35(20-43(69)82)72-62(49)92/h6-11,13-19,23-24,34-35,42,44,46-55,57,65,71,78-81,83-87H,12,20-22,70H2,1-5H3,(H2,69,82)(H,72,92)(H,73,89)(H,74,91)(H,75,93)(H,76,88)(H,77,90)(H,94,95)/t24-,34+,35-,42+,44-,46+,47+,48+,49+,50?,51+,52+,53-,54+,55+,57-,65-,66-/m0/s1. The van der Waals surface area contributed by atoms with Gasteiger partial charge in [-0.2, -0.15) is 0 Å². The molecule has 5 aromatic carbocycles. The number of carbonyl (C=O) groups excluding carboxylic acids is 7.